The van der Waals surface area contributed by atoms with Crippen molar-refractivity contribution in [1.82, 2.24) is 5.32 Å². The van der Waals surface area contributed by atoms with E-state index in [9.17, 15) is 0 Å². The van der Waals surface area contributed by atoms with Crippen LogP contribution in [0.1, 0.15) is 18.6 Å². The summed E-state index contributed by atoms with van der Waals surface area (Å²) >= 11 is 0. The zero-order valence-corrected chi connectivity index (χ0v) is 7.66. The standard InChI is InChI=1S/C10H15NO2/c1-3-9(12-5-1)7-11-8-10-4-2-6-13-10/h1,3,5,10-11H,2,4,6-8H2. The number of rotatable bonds is 4. The number of hydrogen-bond donors (Lipinski definition) is 1. The SMILES string of the molecule is c1coc(CNCC2CCCO2)c1. The van der Waals surface area contributed by atoms with Gasteiger partial charge in [-0.1, -0.05) is 0 Å². The van der Waals surface area contributed by atoms with Crippen LogP contribution in [0.3, 0.4) is 0 Å². The van der Waals surface area contributed by atoms with Crippen LogP contribution in [0.5, 0.6) is 0 Å². The second-order valence-corrected chi connectivity index (χ2v) is 3.35. The lowest BCUT2D eigenvalue weighted by Gasteiger charge is -2.09. The van der Waals surface area contributed by atoms with E-state index in [-0.39, 0.29) is 0 Å². The molecule has 3 nitrogen and oxygen atoms in total. The topological polar surface area (TPSA) is 34.4 Å². The van der Waals surface area contributed by atoms with E-state index < -0.39 is 0 Å². The summed E-state index contributed by atoms with van der Waals surface area (Å²) < 4.78 is 10.7. The van der Waals surface area contributed by atoms with E-state index in [0.717, 1.165) is 25.5 Å². The molecule has 0 aliphatic carbocycles. The van der Waals surface area contributed by atoms with Gasteiger partial charge >= 0.3 is 0 Å². The second-order valence-electron chi connectivity index (χ2n) is 3.35. The van der Waals surface area contributed by atoms with Crippen LogP contribution >= 0.6 is 0 Å². The van der Waals surface area contributed by atoms with E-state index in [0.29, 0.717) is 6.10 Å². The van der Waals surface area contributed by atoms with Crippen molar-refractivity contribution >= 4 is 0 Å². The van der Waals surface area contributed by atoms with Gasteiger partial charge in [-0.25, -0.2) is 0 Å². The van der Waals surface area contributed by atoms with Gasteiger partial charge < -0.3 is 14.5 Å². The fourth-order valence-electron chi connectivity index (χ4n) is 1.57. The first-order chi connectivity index (χ1) is 6.45. The molecule has 1 aliphatic heterocycles. The minimum atomic E-state index is 0.412. The van der Waals surface area contributed by atoms with E-state index in [2.05, 4.69) is 5.32 Å². The molecular formula is C10H15NO2. The van der Waals surface area contributed by atoms with Gasteiger partial charge in [0.1, 0.15) is 5.76 Å². The maximum Gasteiger partial charge on any atom is 0.117 e. The predicted molar refractivity (Wildman–Crippen MR) is 49.4 cm³/mol. The molecule has 72 valence electrons. The highest BCUT2D eigenvalue weighted by Gasteiger charge is 2.14. The van der Waals surface area contributed by atoms with Crippen molar-refractivity contribution in [1.29, 1.82) is 0 Å². The summed E-state index contributed by atoms with van der Waals surface area (Å²) in [6, 6.07) is 3.88. The van der Waals surface area contributed by atoms with Crippen LogP contribution in [0.4, 0.5) is 0 Å². The van der Waals surface area contributed by atoms with Gasteiger partial charge in [0, 0.05) is 13.2 Å². The lowest BCUT2D eigenvalue weighted by Crippen LogP contribution is -2.25. The molecule has 1 saturated heterocycles. The Morgan fingerprint density at radius 1 is 1.54 bits per heavy atom. The predicted octanol–water partition coefficient (Wildman–Crippen LogP) is 1.55. The Bertz CT molecular complexity index is 227. The van der Waals surface area contributed by atoms with Crippen LogP contribution in [-0.2, 0) is 11.3 Å². The van der Waals surface area contributed by atoms with Crippen LogP contribution in [0.25, 0.3) is 0 Å². The molecule has 1 atom stereocenters. The lowest BCUT2D eigenvalue weighted by molar-refractivity contribution is 0.109. The van der Waals surface area contributed by atoms with Crippen molar-refractivity contribution in [2.45, 2.75) is 25.5 Å². The van der Waals surface area contributed by atoms with E-state index in [1.807, 2.05) is 12.1 Å². The largest absolute Gasteiger partial charge is 0.468 e. The van der Waals surface area contributed by atoms with E-state index >= 15 is 0 Å². The van der Waals surface area contributed by atoms with Crippen LogP contribution in [-0.4, -0.2) is 19.3 Å². The first-order valence-corrected chi connectivity index (χ1v) is 4.80. The summed E-state index contributed by atoms with van der Waals surface area (Å²) in [5.74, 6) is 0.984. The zero-order chi connectivity index (χ0) is 8.93. The van der Waals surface area contributed by atoms with Gasteiger partial charge in [0.15, 0.2) is 0 Å². The highest BCUT2D eigenvalue weighted by molar-refractivity contribution is 4.97. The van der Waals surface area contributed by atoms with Crippen LogP contribution in [0.15, 0.2) is 22.8 Å². The minimum Gasteiger partial charge on any atom is -0.468 e. The van der Waals surface area contributed by atoms with Crippen molar-refractivity contribution in [3.8, 4) is 0 Å². The van der Waals surface area contributed by atoms with Crippen molar-refractivity contribution in [2.75, 3.05) is 13.2 Å². The highest BCUT2D eigenvalue weighted by atomic mass is 16.5. The fraction of sp³-hybridized carbons (Fsp3) is 0.600. The van der Waals surface area contributed by atoms with Gasteiger partial charge in [0.2, 0.25) is 0 Å². The molecule has 1 aromatic heterocycles. The monoisotopic (exact) mass is 181 g/mol. The first kappa shape index (κ1) is 8.78. The van der Waals surface area contributed by atoms with Gasteiger partial charge in [-0.3, -0.25) is 0 Å². The molecule has 0 saturated carbocycles. The summed E-state index contributed by atoms with van der Waals surface area (Å²) in [6.07, 6.45) is 4.50. The molecule has 1 fully saturated rings. The molecule has 13 heavy (non-hydrogen) atoms. The van der Waals surface area contributed by atoms with Crippen LogP contribution in [0.2, 0.25) is 0 Å². The maximum absolute atomic E-state index is 5.48. The van der Waals surface area contributed by atoms with E-state index in [4.69, 9.17) is 9.15 Å². The molecule has 1 N–H and O–H groups in total. The Kier molecular flexibility index (Phi) is 3.00. The third kappa shape index (κ3) is 2.57. The van der Waals surface area contributed by atoms with Crippen molar-refractivity contribution < 1.29 is 9.15 Å². The molecule has 2 heterocycles. The van der Waals surface area contributed by atoms with Crippen LogP contribution in [0, 0.1) is 0 Å². The van der Waals surface area contributed by atoms with Crippen molar-refractivity contribution in [2.24, 2.45) is 0 Å². The quantitative estimate of drug-likeness (QED) is 0.765. The maximum atomic E-state index is 5.48. The molecule has 0 radical (unpaired) electrons. The summed E-state index contributed by atoms with van der Waals surface area (Å²) in [5, 5.41) is 3.31. The molecule has 2 rings (SSSR count). The number of furan rings is 1. The molecule has 1 aliphatic rings. The summed E-state index contributed by atoms with van der Waals surface area (Å²) in [5.41, 5.74) is 0. The average Bonchev–Trinajstić information content (AvgIpc) is 2.75. The van der Waals surface area contributed by atoms with Gasteiger partial charge in [-0.2, -0.15) is 0 Å². The smallest absolute Gasteiger partial charge is 0.117 e. The zero-order valence-electron chi connectivity index (χ0n) is 7.66. The van der Waals surface area contributed by atoms with E-state index in [1.165, 1.54) is 12.8 Å². The second kappa shape index (κ2) is 4.44. The molecule has 0 spiro atoms. The summed E-state index contributed by atoms with van der Waals surface area (Å²) in [7, 11) is 0. The molecule has 0 bridgehead atoms. The Labute approximate surface area is 78.1 Å². The lowest BCUT2D eigenvalue weighted by atomic mass is 10.2. The van der Waals surface area contributed by atoms with E-state index in [1.54, 1.807) is 6.26 Å². The number of nitrogens with one attached hydrogen (secondary N) is 1. The van der Waals surface area contributed by atoms with Crippen LogP contribution < -0.4 is 5.32 Å². The molecular weight excluding hydrogens is 166 g/mol. The Hall–Kier alpha value is -0.800. The van der Waals surface area contributed by atoms with Gasteiger partial charge in [-0.15, -0.1) is 0 Å². The Morgan fingerprint density at radius 2 is 2.54 bits per heavy atom. The Balaban J connectivity index is 1.63. The van der Waals surface area contributed by atoms with Crippen molar-refractivity contribution in [3.63, 3.8) is 0 Å². The normalized spacial score (nSPS) is 22.3. The molecule has 0 aromatic carbocycles. The van der Waals surface area contributed by atoms with Crippen molar-refractivity contribution in [3.05, 3.63) is 24.2 Å². The summed E-state index contributed by atoms with van der Waals surface area (Å²) in [6.45, 7) is 2.65. The fourth-order valence-corrected chi connectivity index (χ4v) is 1.57. The number of hydrogen-bond acceptors (Lipinski definition) is 3. The average molecular weight is 181 g/mol. The van der Waals surface area contributed by atoms with Gasteiger partial charge in [-0.05, 0) is 25.0 Å². The number of ether oxygens (including phenoxy) is 1. The Morgan fingerprint density at radius 3 is 3.23 bits per heavy atom. The summed E-state index contributed by atoms with van der Waals surface area (Å²) in [4.78, 5) is 0. The molecule has 1 unspecified atom stereocenters. The minimum absolute atomic E-state index is 0.412. The first-order valence-electron chi connectivity index (χ1n) is 4.80. The van der Waals surface area contributed by atoms with Gasteiger partial charge in [0.05, 0.1) is 18.9 Å². The van der Waals surface area contributed by atoms with Gasteiger partial charge in [0.25, 0.3) is 0 Å². The molecule has 0 amide bonds. The molecule has 1 aromatic rings. The third-order valence-electron chi connectivity index (χ3n) is 2.28. The third-order valence-corrected chi connectivity index (χ3v) is 2.28. The highest BCUT2D eigenvalue weighted by Crippen LogP contribution is 2.10. The molecule has 3 heteroatoms.